The Balaban J connectivity index is 1.91. The van der Waals surface area contributed by atoms with Gasteiger partial charge in [0.2, 0.25) is 0 Å². The molecule has 3 rings (SSSR count). The monoisotopic (exact) mass is 406 g/mol. The minimum absolute atomic E-state index is 0.00136. The van der Waals surface area contributed by atoms with Crippen LogP contribution in [0.3, 0.4) is 0 Å². The Labute approximate surface area is 169 Å². The summed E-state index contributed by atoms with van der Waals surface area (Å²) in [4.78, 5) is 11.6. The van der Waals surface area contributed by atoms with Crippen LogP contribution in [-0.2, 0) is 25.4 Å². The fourth-order valence-corrected chi connectivity index (χ4v) is 3.13. The number of nitrogens with zero attached hydrogens (tertiary/aromatic N) is 2. The fraction of sp³-hybridized carbons (Fsp3) is 0.500. The Morgan fingerprint density at radius 2 is 1.76 bits per heavy atom. The third-order valence-electron chi connectivity index (χ3n) is 5.45. The fourth-order valence-electron chi connectivity index (χ4n) is 3.13. The zero-order chi connectivity index (χ0) is 21.6. The van der Waals surface area contributed by atoms with E-state index in [0.717, 1.165) is 0 Å². The van der Waals surface area contributed by atoms with Crippen LogP contribution in [0.4, 0.5) is 8.78 Å². The Morgan fingerprint density at radius 1 is 1.14 bits per heavy atom. The molecule has 1 saturated heterocycles. The third-order valence-corrected chi connectivity index (χ3v) is 5.45. The minimum atomic E-state index is -1.03. The molecule has 1 aliphatic heterocycles. The number of aryl methyl sites for hydroxylation is 1. The molecule has 0 aliphatic carbocycles. The number of benzene rings is 1. The van der Waals surface area contributed by atoms with Crippen LogP contribution in [0.2, 0.25) is 0 Å². The van der Waals surface area contributed by atoms with Gasteiger partial charge in [-0.05, 0) is 41.5 Å². The van der Waals surface area contributed by atoms with Gasteiger partial charge in [-0.3, -0.25) is 9.48 Å². The first kappa shape index (κ1) is 21.5. The molecule has 156 valence electrons. The summed E-state index contributed by atoms with van der Waals surface area (Å²) in [5.41, 5.74) is -0.410. The quantitative estimate of drug-likeness (QED) is 0.565. The summed E-state index contributed by atoms with van der Waals surface area (Å²) >= 11 is 0. The molecule has 0 amide bonds. The van der Waals surface area contributed by atoms with Gasteiger partial charge in [-0.15, -0.1) is 0 Å². The molecule has 2 heterocycles. The molecule has 0 N–H and O–H groups in total. The molecular weight excluding hydrogens is 381 g/mol. The van der Waals surface area contributed by atoms with Gasteiger partial charge in [0, 0.05) is 22.8 Å². The number of carbonyl (C=O) groups is 1. The second-order valence-corrected chi connectivity index (χ2v) is 8.05. The highest BCUT2D eigenvalue weighted by atomic mass is 19.2. The molecule has 29 heavy (non-hydrogen) atoms. The zero-order valence-corrected chi connectivity index (χ0v) is 17.5. The highest BCUT2D eigenvalue weighted by molar-refractivity contribution is 6.62. The summed E-state index contributed by atoms with van der Waals surface area (Å²) in [6.45, 7) is 10.9. The van der Waals surface area contributed by atoms with Crippen molar-refractivity contribution in [2.45, 2.75) is 59.3 Å². The smallest absolute Gasteiger partial charge is 0.465 e. The lowest BCUT2D eigenvalue weighted by molar-refractivity contribution is -0.144. The molecule has 0 saturated carbocycles. The van der Waals surface area contributed by atoms with E-state index in [0.29, 0.717) is 11.3 Å². The van der Waals surface area contributed by atoms with Crippen LogP contribution in [0.5, 0.6) is 0 Å². The molecule has 1 aliphatic rings. The number of hydrogen-bond donors (Lipinski definition) is 0. The number of carbonyl (C=O) groups excluding carboxylic acids is 1. The van der Waals surface area contributed by atoms with Gasteiger partial charge in [0.05, 0.1) is 23.5 Å². The van der Waals surface area contributed by atoms with Crippen molar-refractivity contribution >= 4 is 18.6 Å². The highest BCUT2D eigenvalue weighted by Crippen LogP contribution is 2.37. The molecule has 0 atom stereocenters. The van der Waals surface area contributed by atoms with E-state index in [9.17, 15) is 13.6 Å². The van der Waals surface area contributed by atoms with Crippen molar-refractivity contribution in [1.82, 2.24) is 9.78 Å². The van der Waals surface area contributed by atoms with Crippen LogP contribution in [0, 0.1) is 18.6 Å². The average Bonchev–Trinajstić information content (AvgIpc) is 3.06. The predicted octanol–water partition coefficient (Wildman–Crippen LogP) is 3.00. The van der Waals surface area contributed by atoms with Gasteiger partial charge in [0.1, 0.15) is 6.54 Å². The predicted molar refractivity (Wildman–Crippen MR) is 105 cm³/mol. The van der Waals surface area contributed by atoms with E-state index in [1.807, 2.05) is 27.7 Å². The summed E-state index contributed by atoms with van der Waals surface area (Å²) in [7, 11) is -1.00. The summed E-state index contributed by atoms with van der Waals surface area (Å²) < 4.78 is 47.8. The first-order valence-electron chi connectivity index (χ1n) is 9.50. The molecule has 1 fully saturated rings. The molecule has 0 radical (unpaired) electrons. The van der Waals surface area contributed by atoms with Crippen molar-refractivity contribution in [3.63, 3.8) is 0 Å². The minimum Gasteiger partial charge on any atom is -0.465 e. The van der Waals surface area contributed by atoms with E-state index in [4.69, 9.17) is 14.0 Å². The molecule has 0 unspecified atom stereocenters. The van der Waals surface area contributed by atoms with Crippen molar-refractivity contribution in [1.29, 1.82) is 0 Å². The van der Waals surface area contributed by atoms with E-state index in [1.54, 1.807) is 13.8 Å². The number of hydrogen-bond acceptors (Lipinski definition) is 5. The second-order valence-electron chi connectivity index (χ2n) is 8.05. The highest BCUT2D eigenvalue weighted by Gasteiger charge is 2.52. The number of esters is 1. The van der Waals surface area contributed by atoms with E-state index >= 15 is 0 Å². The Kier molecular flexibility index (Phi) is 5.57. The van der Waals surface area contributed by atoms with Crippen LogP contribution in [0.15, 0.2) is 18.3 Å². The summed E-state index contributed by atoms with van der Waals surface area (Å²) in [6.07, 6.45) is 1.50. The van der Waals surface area contributed by atoms with Crippen molar-refractivity contribution < 1.29 is 27.6 Å². The van der Waals surface area contributed by atoms with E-state index < -0.39 is 35.9 Å². The number of halogens is 2. The van der Waals surface area contributed by atoms with Gasteiger partial charge in [0.25, 0.3) is 0 Å². The molecule has 1 aromatic carbocycles. The maximum absolute atomic E-state index is 14.9. The van der Waals surface area contributed by atoms with Crippen molar-refractivity contribution in [2.75, 3.05) is 6.61 Å². The summed E-state index contributed by atoms with van der Waals surface area (Å²) in [5, 5.41) is 4.20. The third kappa shape index (κ3) is 3.93. The van der Waals surface area contributed by atoms with Crippen LogP contribution in [0.25, 0.3) is 11.1 Å². The maximum Gasteiger partial charge on any atom is 0.497 e. The standard InChI is InChI=1S/C20H25BF2N2O4/c1-7-27-16(26)11-25-10-14(12(2)24-25)13-8-9-15(18(23)17(13)22)21-28-19(3,4)20(5,6)29-21/h8-10H,7,11H2,1-6H3. The maximum atomic E-state index is 14.9. The SMILES string of the molecule is CCOC(=O)Cn1cc(-c2ccc(B3OC(C)(C)C(C)(C)O3)c(F)c2F)c(C)n1. The first-order valence-corrected chi connectivity index (χ1v) is 9.50. The van der Waals surface area contributed by atoms with Crippen molar-refractivity contribution in [2.24, 2.45) is 0 Å². The lowest BCUT2D eigenvalue weighted by Gasteiger charge is -2.32. The van der Waals surface area contributed by atoms with Crippen LogP contribution >= 0.6 is 0 Å². The largest absolute Gasteiger partial charge is 0.497 e. The molecule has 2 aromatic rings. The van der Waals surface area contributed by atoms with Gasteiger partial charge >= 0.3 is 13.1 Å². The molecule has 6 nitrogen and oxygen atoms in total. The Morgan fingerprint density at radius 3 is 2.34 bits per heavy atom. The van der Waals surface area contributed by atoms with Gasteiger partial charge in [-0.25, -0.2) is 8.78 Å². The zero-order valence-electron chi connectivity index (χ0n) is 17.5. The summed E-state index contributed by atoms with van der Waals surface area (Å²) in [5.74, 6) is -2.50. The Bertz CT molecular complexity index is 927. The number of aromatic nitrogens is 2. The molecule has 1 aromatic heterocycles. The lowest BCUT2D eigenvalue weighted by Crippen LogP contribution is -2.41. The normalized spacial score (nSPS) is 17.6. The van der Waals surface area contributed by atoms with E-state index in [-0.39, 0.29) is 24.2 Å². The Hall–Kier alpha value is -2.26. The number of ether oxygens (including phenoxy) is 1. The van der Waals surface area contributed by atoms with Gasteiger partial charge in [0.15, 0.2) is 11.6 Å². The molecule has 9 heteroatoms. The van der Waals surface area contributed by atoms with E-state index in [1.165, 1.54) is 23.0 Å². The van der Waals surface area contributed by atoms with Crippen LogP contribution in [-0.4, -0.2) is 40.7 Å². The average molecular weight is 406 g/mol. The lowest BCUT2D eigenvalue weighted by atomic mass is 9.78. The van der Waals surface area contributed by atoms with Gasteiger partial charge in [-0.2, -0.15) is 5.10 Å². The van der Waals surface area contributed by atoms with Crippen LogP contribution < -0.4 is 5.46 Å². The van der Waals surface area contributed by atoms with Crippen molar-refractivity contribution in [3.8, 4) is 11.1 Å². The van der Waals surface area contributed by atoms with Crippen LogP contribution in [0.1, 0.15) is 40.3 Å². The first-order chi connectivity index (χ1) is 13.5. The molecular formula is C20H25BF2N2O4. The molecule has 0 spiro atoms. The van der Waals surface area contributed by atoms with Gasteiger partial charge < -0.3 is 14.0 Å². The number of rotatable bonds is 5. The van der Waals surface area contributed by atoms with E-state index in [2.05, 4.69) is 5.10 Å². The van der Waals surface area contributed by atoms with Gasteiger partial charge in [-0.1, -0.05) is 12.1 Å². The van der Waals surface area contributed by atoms with Crippen molar-refractivity contribution in [3.05, 3.63) is 35.7 Å². The topological polar surface area (TPSA) is 62.6 Å². The summed E-state index contributed by atoms with van der Waals surface area (Å²) in [6, 6.07) is 2.93. The molecule has 0 bridgehead atoms. The second kappa shape index (κ2) is 7.53.